The SMILES string of the molecule is COc1cccc(NC(N)=NCCc2cc(C)cc(C)c2)c1. The fraction of sp³-hybridized carbons (Fsp3) is 0.278. The molecule has 4 nitrogen and oxygen atoms in total. The molecule has 0 bridgehead atoms. The van der Waals surface area contributed by atoms with Crippen LogP contribution in [0.1, 0.15) is 16.7 Å². The van der Waals surface area contributed by atoms with Crippen molar-refractivity contribution in [1.82, 2.24) is 0 Å². The lowest BCUT2D eigenvalue weighted by atomic mass is 10.1. The van der Waals surface area contributed by atoms with Gasteiger partial charge in [-0.05, 0) is 38.0 Å². The summed E-state index contributed by atoms with van der Waals surface area (Å²) in [4.78, 5) is 4.37. The number of benzene rings is 2. The summed E-state index contributed by atoms with van der Waals surface area (Å²) in [6, 6.07) is 14.2. The first-order chi connectivity index (χ1) is 10.6. The first kappa shape index (κ1) is 15.9. The predicted octanol–water partition coefficient (Wildman–Crippen LogP) is 3.28. The molecule has 0 fully saturated rings. The van der Waals surface area contributed by atoms with Crippen LogP contribution in [0.5, 0.6) is 5.75 Å². The molecule has 0 aliphatic heterocycles. The van der Waals surface area contributed by atoms with Gasteiger partial charge in [0, 0.05) is 18.3 Å². The van der Waals surface area contributed by atoms with E-state index in [4.69, 9.17) is 10.5 Å². The van der Waals surface area contributed by atoms with E-state index in [1.54, 1.807) is 7.11 Å². The quantitative estimate of drug-likeness (QED) is 0.657. The normalized spacial score (nSPS) is 11.3. The lowest BCUT2D eigenvalue weighted by Gasteiger charge is -2.08. The summed E-state index contributed by atoms with van der Waals surface area (Å²) in [5.41, 5.74) is 10.6. The van der Waals surface area contributed by atoms with Crippen LogP contribution in [-0.4, -0.2) is 19.6 Å². The van der Waals surface area contributed by atoms with Crippen LogP contribution in [0.25, 0.3) is 0 Å². The standard InChI is InChI=1S/C18H23N3O/c1-13-9-14(2)11-15(10-13)7-8-20-18(19)21-16-5-4-6-17(12-16)22-3/h4-6,9-12H,7-8H2,1-3H3,(H3,19,20,21). The highest BCUT2D eigenvalue weighted by Crippen LogP contribution is 2.16. The third kappa shape index (κ3) is 4.81. The van der Waals surface area contributed by atoms with Crippen LogP contribution in [0.2, 0.25) is 0 Å². The van der Waals surface area contributed by atoms with Crippen LogP contribution in [0.15, 0.2) is 47.5 Å². The maximum atomic E-state index is 5.92. The third-order valence-corrected chi connectivity index (χ3v) is 3.31. The summed E-state index contributed by atoms with van der Waals surface area (Å²) < 4.78 is 5.18. The number of anilines is 1. The number of aliphatic imine (C=N–C) groups is 1. The molecular weight excluding hydrogens is 274 g/mol. The van der Waals surface area contributed by atoms with Crippen LogP contribution in [0.4, 0.5) is 5.69 Å². The molecule has 0 atom stereocenters. The van der Waals surface area contributed by atoms with Crippen molar-refractivity contribution in [1.29, 1.82) is 0 Å². The molecule has 4 heteroatoms. The van der Waals surface area contributed by atoms with Crippen LogP contribution < -0.4 is 15.8 Å². The highest BCUT2D eigenvalue weighted by atomic mass is 16.5. The van der Waals surface area contributed by atoms with Crippen LogP contribution in [-0.2, 0) is 6.42 Å². The van der Waals surface area contributed by atoms with E-state index in [0.717, 1.165) is 17.9 Å². The van der Waals surface area contributed by atoms with Crippen molar-refractivity contribution in [2.24, 2.45) is 10.7 Å². The molecule has 2 rings (SSSR count). The fourth-order valence-corrected chi connectivity index (χ4v) is 2.41. The summed E-state index contributed by atoms with van der Waals surface area (Å²) >= 11 is 0. The summed E-state index contributed by atoms with van der Waals surface area (Å²) in [7, 11) is 1.64. The molecule has 0 saturated carbocycles. The molecule has 0 saturated heterocycles. The average molecular weight is 297 g/mol. The van der Waals surface area contributed by atoms with Crippen LogP contribution in [0, 0.1) is 13.8 Å². The van der Waals surface area contributed by atoms with E-state index in [0.29, 0.717) is 12.5 Å². The van der Waals surface area contributed by atoms with Gasteiger partial charge in [-0.25, -0.2) is 0 Å². The molecule has 22 heavy (non-hydrogen) atoms. The fourth-order valence-electron chi connectivity index (χ4n) is 2.41. The van der Waals surface area contributed by atoms with Crippen molar-refractivity contribution >= 4 is 11.6 Å². The van der Waals surface area contributed by atoms with Gasteiger partial charge in [-0.1, -0.05) is 35.4 Å². The summed E-state index contributed by atoms with van der Waals surface area (Å²) in [6.45, 7) is 4.88. The zero-order valence-electron chi connectivity index (χ0n) is 13.4. The minimum Gasteiger partial charge on any atom is -0.497 e. The Labute approximate surface area is 132 Å². The van der Waals surface area contributed by atoms with Gasteiger partial charge in [-0.3, -0.25) is 4.99 Å². The van der Waals surface area contributed by atoms with Gasteiger partial charge in [0.05, 0.1) is 7.11 Å². The van der Waals surface area contributed by atoms with Crippen molar-refractivity contribution < 1.29 is 4.74 Å². The van der Waals surface area contributed by atoms with Gasteiger partial charge in [-0.2, -0.15) is 0 Å². The molecule has 0 radical (unpaired) electrons. The molecule has 0 unspecified atom stereocenters. The molecule has 3 N–H and O–H groups in total. The number of aryl methyl sites for hydroxylation is 2. The number of ether oxygens (including phenoxy) is 1. The highest BCUT2D eigenvalue weighted by molar-refractivity contribution is 5.92. The second kappa shape index (κ2) is 7.50. The van der Waals surface area contributed by atoms with E-state index < -0.39 is 0 Å². The highest BCUT2D eigenvalue weighted by Gasteiger charge is 1.99. The number of hydrogen-bond donors (Lipinski definition) is 2. The molecule has 116 valence electrons. The minimum absolute atomic E-state index is 0.414. The van der Waals surface area contributed by atoms with Gasteiger partial charge < -0.3 is 15.8 Å². The minimum atomic E-state index is 0.414. The maximum absolute atomic E-state index is 5.92. The number of hydrogen-bond acceptors (Lipinski definition) is 2. The Kier molecular flexibility index (Phi) is 5.42. The monoisotopic (exact) mass is 297 g/mol. The van der Waals surface area contributed by atoms with E-state index in [1.807, 2.05) is 24.3 Å². The van der Waals surface area contributed by atoms with E-state index in [-0.39, 0.29) is 0 Å². The van der Waals surface area contributed by atoms with Crippen molar-refractivity contribution in [3.05, 3.63) is 59.2 Å². The summed E-state index contributed by atoms with van der Waals surface area (Å²) in [5.74, 6) is 1.20. The number of methoxy groups -OCH3 is 1. The number of rotatable bonds is 5. The molecule has 0 amide bonds. The van der Waals surface area contributed by atoms with E-state index in [1.165, 1.54) is 16.7 Å². The molecule has 0 heterocycles. The van der Waals surface area contributed by atoms with Gasteiger partial charge >= 0.3 is 0 Å². The first-order valence-electron chi connectivity index (χ1n) is 7.35. The molecule has 0 aromatic heterocycles. The average Bonchev–Trinajstić information content (AvgIpc) is 2.46. The smallest absolute Gasteiger partial charge is 0.193 e. The zero-order valence-corrected chi connectivity index (χ0v) is 13.4. The first-order valence-corrected chi connectivity index (χ1v) is 7.35. The largest absolute Gasteiger partial charge is 0.497 e. The molecular formula is C18H23N3O. The van der Waals surface area contributed by atoms with Crippen LogP contribution >= 0.6 is 0 Å². The Bertz CT molecular complexity index is 645. The summed E-state index contributed by atoms with van der Waals surface area (Å²) in [6.07, 6.45) is 0.878. The predicted molar refractivity (Wildman–Crippen MR) is 92.7 cm³/mol. The van der Waals surface area contributed by atoms with Crippen molar-refractivity contribution in [3.8, 4) is 5.75 Å². The molecule has 0 aliphatic carbocycles. The van der Waals surface area contributed by atoms with Gasteiger partial charge in [0.25, 0.3) is 0 Å². The lowest BCUT2D eigenvalue weighted by Crippen LogP contribution is -2.23. The van der Waals surface area contributed by atoms with E-state index in [9.17, 15) is 0 Å². The summed E-state index contributed by atoms with van der Waals surface area (Å²) in [5, 5.41) is 3.07. The Morgan fingerprint density at radius 3 is 2.55 bits per heavy atom. The third-order valence-electron chi connectivity index (χ3n) is 3.31. The molecule has 2 aromatic rings. The second-order valence-corrected chi connectivity index (χ2v) is 5.37. The van der Waals surface area contributed by atoms with Crippen molar-refractivity contribution in [3.63, 3.8) is 0 Å². The Morgan fingerprint density at radius 1 is 1.14 bits per heavy atom. The molecule has 0 spiro atoms. The van der Waals surface area contributed by atoms with Crippen molar-refractivity contribution in [2.75, 3.05) is 19.0 Å². The van der Waals surface area contributed by atoms with Gasteiger partial charge in [0.15, 0.2) is 5.96 Å². The Hall–Kier alpha value is -2.49. The Balaban J connectivity index is 1.92. The Morgan fingerprint density at radius 2 is 1.86 bits per heavy atom. The number of nitrogens with zero attached hydrogens (tertiary/aromatic N) is 1. The molecule has 0 aliphatic rings. The van der Waals surface area contributed by atoms with Gasteiger partial charge in [0.1, 0.15) is 5.75 Å². The zero-order chi connectivity index (χ0) is 15.9. The van der Waals surface area contributed by atoms with E-state index in [2.05, 4.69) is 42.4 Å². The van der Waals surface area contributed by atoms with Gasteiger partial charge in [0.2, 0.25) is 0 Å². The number of guanidine groups is 1. The van der Waals surface area contributed by atoms with E-state index >= 15 is 0 Å². The van der Waals surface area contributed by atoms with Crippen molar-refractivity contribution in [2.45, 2.75) is 20.3 Å². The maximum Gasteiger partial charge on any atom is 0.193 e. The second-order valence-electron chi connectivity index (χ2n) is 5.37. The molecule has 2 aromatic carbocycles. The van der Waals surface area contributed by atoms with Gasteiger partial charge in [-0.15, -0.1) is 0 Å². The lowest BCUT2D eigenvalue weighted by molar-refractivity contribution is 0.415. The topological polar surface area (TPSA) is 59.6 Å². The number of nitrogens with two attached hydrogens (primary N) is 1. The van der Waals surface area contributed by atoms with Crippen LogP contribution in [0.3, 0.4) is 0 Å². The number of nitrogens with one attached hydrogen (secondary N) is 1.